The highest BCUT2D eigenvalue weighted by Gasteiger charge is 2.12. The van der Waals surface area contributed by atoms with Gasteiger partial charge in [0.2, 0.25) is 0 Å². The topological polar surface area (TPSA) is 52.8 Å². The molecular weight excluding hydrogens is 404 g/mol. The fraction of sp³-hybridized carbons (Fsp3) is 0.111. The summed E-state index contributed by atoms with van der Waals surface area (Å²) in [5.74, 6) is 1.22. The largest absolute Gasteiger partial charge is 0.493 e. The van der Waals surface area contributed by atoms with Crippen molar-refractivity contribution < 1.29 is 9.47 Å². The van der Waals surface area contributed by atoms with E-state index in [4.69, 9.17) is 9.47 Å². The molecule has 4 rings (SSSR count). The molecule has 7 heteroatoms. The molecule has 0 radical (unpaired) electrons. The molecule has 0 fully saturated rings. The highest BCUT2D eigenvalue weighted by Crippen LogP contribution is 2.36. The van der Waals surface area contributed by atoms with Gasteiger partial charge in [0, 0.05) is 0 Å². The van der Waals surface area contributed by atoms with Crippen molar-refractivity contribution in [1.82, 2.24) is 9.38 Å². The molecule has 126 valence electrons. The Balaban J connectivity index is 1.94. The number of nitrogens with zero attached hydrogens (tertiary/aromatic N) is 2. The molecule has 0 N–H and O–H groups in total. The fourth-order valence-electron chi connectivity index (χ4n) is 2.78. The van der Waals surface area contributed by atoms with Crippen molar-refractivity contribution in [1.29, 1.82) is 0 Å². The molecule has 2 aromatic carbocycles. The zero-order chi connectivity index (χ0) is 17.6. The Morgan fingerprint density at radius 2 is 2.00 bits per heavy atom. The van der Waals surface area contributed by atoms with Crippen LogP contribution in [0.3, 0.4) is 0 Å². The predicted molar refractivity (Wildman–Crippen MR) is 103 cm³/mol. The second-order valence-electron chi connectivity index (χ2n) is 5.37. The Kier molecular flexibility index (Phi) is 3.97. The molecule has 0 saturated carbocycles. The van der Waals surface area contributed by atoms with E-state index in [1.807, 2.05) is 42.5 Å². The lowest BCUT2D eigenvalue weighted by atomic mass is 10.2. The van der Waals surface area contributed by atoms with Crippen molar-refractivity contribution in [3.8, 4) is 11.5 Å². The Bertz CT molecular complexity index is 1210. The molecule has 5 nitrogen and oxygen atoms in total. The molecule has 0 aliphatic carbocycles. The second-order valence-corrected chi connectivity index (χ2v) is 7.24. The Labute approximate surface area is 155 Å². The molecular formula is C18H13BrN2O3S. The van der Waals surface area contributed by atoms with Crippen LogP contribution in [0.1, 0.15) is 5.56 Å². The van der Waals surface area contributed by atoms with Gasteiger partial charge in [-0.25, -0.2) is 9.38 Å². The average Bonchev–Trinajstić information content (AvgIpc) is 3.11. The maximum atomic E-state index is 12.8. The lowest BCUT2D eigenvalue weighted by Gasteiger charge is -2.10. The third-order valence-electron chi connectivity index (χ3n) is 3.90. The van der Waals surface area contributed by atoms with Gasteiger partial charge in [0.15, 0.2) is 16.5 Å². The minimum atomic E-state index is -0.0698. The van der Waals surface area contributed by atoms with Gasteiger partial charge in [-0.05, 0) is 51.8 Å². The summed E-state index contributed by atoms with van der Waals surface area (Å²) in [6.07, 6.45) is 1.84. The number of rotatable bonds is 3. The summed E-state index contributed by atoms with van der Waals surface area (Å²) in [7, 11) is 3.17. The number of methoxy groups -OCH3 is 2. The molecule has 0 atom stereocenters. The standard InChI is InChI=1S/C18H13BrN2O3S/c1-23-14-8-10(7-11(19)16(14)24-2)9-15-17(22)21-13-6-4-3-5-12(13)20-18(21)25-15/h3-9H,1-2H3. The van der Waals surface area contributed by atoms with Crippen molar-refractivity contribution in [2.75, 3.05) is 14.2 Å². The maximum absolute atomic E-state index is 12.8. The number of imidazole rings is 1. The van der Waals surface area contributed by atoms with E-state index in [1.165, 1.54) is 11.3 Å². The van der Waals surface area contributed by atoms with E-state index < -0.39 is 0 Å². The Morgan fingerprint density at radius 1 is 1.20 bits per heavy atom. The lowest BCUT2D eigenvalue weighted by Crippen LogP contribution is -2.22. The van der Waals surface area contributed by atoms with E-state index in [-0.39, 0.29) is 5.56 Å². The quantitative estimate of drug-likeness (QED) is 0.514. The van der Waals surface area contributed by atoms with E-state index >= 15 is 0 Å². The summed E-state index contributed by atoms with van der Waals surface area (Å²) >= 11 is 4.84. The van der Waals surface area contributed by atoms with Gasteiger partial charge in [-0.2, -0.15) is 0 Å². The maximum Gasteiger partial charge on any atom is 0.274 e. The van der Waals surface area contributed by atoms with Crippen molar-refractivity contribution >= 4 is 49.3 Å². The molecule has 0 saturated heterocycles. The van der Waals surface area contributed by atoms with Crippen LogP contribution >= 0.6 is 27.3 Å². The van der Waals surface area contributed by atoms with Crippen LogP contribution in [-0.4, -0.2) is 23.6 Å². The van der Waals surface area contributed by atoms with Crippen LogP contribution in [0.25, 0.3) is 22.1 Å². The fourth-order valence-corrected chi connectivity index (χ4v) is 4.39. The molecule has 0 aliphatic heterocycles. The van der Waals surface area contributed by atoms with Gasteiger partial charge >= 0.3 is 0 Å². The van der Waals surface area contributed by atoms with Gasteiger partial charge in [0.1, 0.15) is 0 Å². The van der Waals surface area contributed by atoms with Crippen molar-refractivity contribution in [2.24, 2.45) is 0 Å². The molecule has 0 bridgehead atoms. The van der Waals surface area contributed by atoms with Crippen LogP contribution in [0.5, 0.6) is 11.5 Å². The second kappa shape index (κ2) is 6.16. The van der Waals surface area contributed by atoms with E-state index in [1.54, 1.807) is 18.6 Å². The number of aromatic nitrogens is 2. The van der Waals surface area contributed by atoms with Gasteiger partial charge in [-0.15, -0.1) is 0 Å². The first-order valence-corrected chi connectivity index (χ1v) is 9.06. The summed E-state index contributed by atoms with van der Waals surface area (Å²) in [5, 5.41) is 0. The van der Waals surface area contributed by atoms with Crippen molar-refractivity contribution in [3.63, 3.8) is 0 Å². The summed E-state index contributed by atoms with van der Waals surface area (Å²) in [5.41, 5.74) is 2.42. The monoisotopic (exact) mass is 416 g/mol. The molecule has 2 aromatic heterocycles. The number of fused-ring (bicyclic) bond motifs is 3. The number of para-hydroxylation sites is 2. The third kappa shape index (κ3) is 2.60. The van der Waals surface area contributed by atoms with E-state index in [2.05, 4.69) is 20.9 Å². The zero-order valence-corrected chi connectivity index (χ0v) is 15.8. The number of halogens is 1. The molecule has 0 amide bonds. The highest BCUT2D eigenvalue weighted by molar-refractivity contribution is 9.10. The van der Waals surface area contributed by atoms with Gasteiger partial charge in [0.25, 0.3) is 5.56 Å². The molecule has 0 spiro atoms. The first kappa shape index (κ1) is 16.1. The number of hydrogen-bond donors (Lipinski definition) is 0. The number of thiazole rings is 1. The van der Waals surface area contributed by atoms with Crippen LogP contribution in [0.4, 0.5) is 0 Å². The average molecular weight is 417 g/mol. The molecule has 4 aromatic rings. The summed E-state index contributed by atoms with van der Waals surface area (Å²) in [6.45, 7) is 0. The summed E-state index contributed by atoms with van der Waals surface area (Å²) < 4.78 is 13.7. The van der Waals surface area contributed by atoms with Gasteiger partial charge in [0.05, 0.1) is 34.3 Å². The molecule has 0 unspecified atom stereocenters. The van der Waals surface area contributed by atoms with Crippen LogP contribution in [0.15, 0.2) is 45.7 Å². The first-order valence-electron chi connectivity index (χ1n) is 7.45. The summed E-state index contributed by atoms with van der Waals surface area (Å²) in [4.78, 5) is 18.0. The minimum absolute atomic E-state index is 0.0698. The van der Waals surface area contributed by atoms with Crippen molar-refractivity contribution in [3.05, 3.63) is 61.3 Å². The van der Waals surface area contributed by atoms with Crippen molar-refractivity contribution in [2.45, 2.75) is 0 Å². The van der Waals surface area contributed by atoms with Crippen LogP contribution in [0, 0.1) is 0 Å². The molecule has 2 heterocycles. The zero-order valence-electron chi connectivity index (χ0n) is 13.4. The lowest BCUT2D eigenvalue weighted by molar-refractivity contribution is 0.353. The van der Waals surface area contributed by atoms with E-state index in [0.717, 1.165) is 21.1 Å². The number of ether oxygens (including phenoxy) is 2. The van der Waals surface area contributed by atoms with E-state index in [9.17, 15) is 4.79 Å². The highest BCUT2D eigenvalue weighted by atomic mass is 79.9. The molecule has 25 heavy (non-hydrogen) atoms. The Hall–Kier alpha value is -2.38. The van der Waals surface area contributed by atoms with Gasteiger partial charge in [-0.3, -0.25) is 4.79 Å². The summed E-state index contributed by atoms with van der Waals surface area (Å²) in [6, 6.07) is 11.4. The molecule has 0 aliphatic rings. The van der Waals surface area contributed by atoms with Gasteiger partial charge < -0.3 is 9.47 Å². The smallest absolute Gasteiger partial charge is 0.274 e. The predicted octanol–water partition coefficient (Wildman–Crippen LogP) is 3.24. The SMILES string of the molecule is COc1cc(C=c2sc3nc4ccccc4n3c2=O)cc(Br)c1OC. The van der Waals surface area contributed by atoms with E-state index in [0.29, 0.717) is 21.0 Å². The number of hydrogen-bond acceptors (Lipinski definition) is 5. The number of benzene rings is 2. The first-order chi connectivity index (χ1) is 12.1. The van der Waals surface area contributed by atoms with Gasteiger partial charge in [-0.1, -0.05) is 23.5 Å². The van der Waals surface area contributed by atoms with Crippen LogP contribution in [0.2, 0.25) is 0 Å². The normalized spacial score (nSPS) is 12.2. The Morgan fingerprint density at radius 3 is 2.76 bits per heavy atom. The van der Waals surface area contributed by atoms with Crippen LogP contribution < -0.4 is 19.6 Å². The van der Waals surface area contributed by atoms with Crippen LogP contribution in [-0.2, 0) is 0 Å². The minimum Gasteiger partial charge on any atom is -0.493 e. The third-order valence-corrected chi connectivity index (χ3v) is 5.46.